The number of rotatable bonds is 8. The lowest BCUT2D eigenvalue weighted by Crippen LogP contribution is -2.14. The van der Waals surface area contributed by atoms with E-state index in [-0.39, 0.29) is 0 Å². The summed E-state index contributed by atoms with van der Waals surface area (Å²) in [6.07, 6.45) is 3.45. The average Bonchev–Trinajstić information content (AvgIpc) is 2.31. The first-order chi connectivity index (χ1) is 8.26. The molecule has 0 aromatic carbocycles. The molecule has 0 saturated heterocycles. The van der Waals surface area contributed by atoms with Crippen molar-refractivity contribution in [2.24, 2.45) is 0 Å². The molecule has 1 N–H and O–H groups in total. The van der Waals surface area contributed by atoms with Gasteiger partial charge in [0.2, 0.25) is 0 Å². The van der Waals surface area contributed by atoms with Gasteiger partial charge in [-0.2, -0.15) is 4.98 Å². The van der Waals surface area contributed by atoms with Crippen molar-refractivity contribution in [2.45, 2.75) is 46.6 Å². The summed E-state index contributed by atoms with van der Waals surface area (Å²) in [5.41, 5.74) is 1.95. The lowest BCUT2D eigenvalue weighted by atomic mass is 10.3. The molecular weight excluding hydrogens is 214 g/mol. The number of hydrogen-bond acceptors (Lipinski definition) is 4. The van der Waals surface area contributed by atoms with Crippen LogP contribution in [0.25, 0.3) is 0 Å². The second kappa shape index (κ2) is 8.01. The molecule has 0 aliphatic heterocycles. The molecule has 0 bridgehead atoms. The number of aryl methyl sites for hydroxylation is 1. The Kier molecular flexibility index (Phi) is 6.55. The van der Waals surface area contributed by atoms with E-state index in [1.165, 1.54) is 12.8 Å². The van der Waals surface area contributed by atoms with Gasteiger partial charge in [-0.3, -0.25) is 0 Å². The van der Waals surface area contributed by atoms with Crippen molar-refractivity contribution < 1.29 is 4.74 Å². The van der Waals surface area contributed by atoms with Crippen molar-refractivity contribution in [3.05, 3.63) is 17.5 Å². The number of ether oxygens (including phenoxy) is 1. The van der Waals surface area contributed by atoms with Crippen LogP contribution in [0.1, 0.15) is 44.5 Å². The van der Waals surface area contributed by atoms with E-state index in [1.807, 2.05) is 13.0 Å². The molecule has 4 heteroatoms. The van der Waals surface area contributed by atoms with Crippen LogP contribution in [0.2, 0.25) is 0 Å². The fourth-order valence-electron chi connectivity index (χ4n) is 1.53. The standard InChI is InChI=1S/C13H23N3O/c1-4-6-7-8-17-13-15-11(3)9-12(16-13)10-14-5-2/h9,14H,4-8,10H2,1-3H3. The summed E-state index contributed by atoms with van der Waals surface area (Å²) in [5, 5.41) is 3.25. The van der Waals surface area contributed by atoms with Crippen LogP contribution in [0, 0.1) is 6.92 Å². The molecule has 1 rings (SSSR count). The Balaban J connectivity index is 2.50. The Labute approximate surface area is 104 Å². The van der Waals surface area contributed by atoms with E-state index in [9.17, 15) is 0 Å². The average molecular weight is 237 g/mol. The highest BCUT2D eigenvalue weighted by Crippen LogP contribution is 2.08. The number of aromatic nitrogens is 2. The maximum absolute atomic E-state index is 5.56. The first-order valence-corrected chi connectivity index (χ1v) is 6.44. The van der Waals surface area contributed by atoms with Gasteiger partial charge in [-0.05, 0) is 26.0 Å². The first kappa shape index (κ1) is 13.9. The fourth-order valence-corrected chi connectivity index (χ4v) is 1.53. The first-order valence-electron chi connectivity index (χ1n) is 6.44. The second-order valence-corrected chi connectivity index (χ2v) is 4.12. The quantitative estimate of drug-likeness (QED) is 0.706. The minimum atomic E-state index is 0.508. The summed E-state index contributed by atoms with van der Waals surface area (Å²) in [5.74, 6) is 0. The summed E-state index contributed by atoms with van der Waals surface area (Å²) < 4.78 is 5.56. The fraction of sp³-hybridized carbons (Fsp3) is 0.692. The van der Waals surface area contributed by atoms with Gasteiger partial charge in [-0.15, -0.1) is 0 Å². The van der Waals surface area contributed by atoms with Crippen LogP contribution >= 0.6 is 0 Å². The van der Waals surface area contributed by atoms with E-state index in [0.29, 0.717) is 12.6 Å². The summed E-state index contributed by atoms with van der Waals surface area (Å²) >= 11 is 0. The van der Waals surface area contributed by atoms with Crippen molar-refractivity contribution in [3.63, 3.8) is 0 Å². The molecule has 0 atom stereocenters. The Morgan fingerprint density at radius 3 is 2.76 bits per heavy atom. The number of hydrogen-bond donors (Lipinski definition) is 1. The maximum Gasteiger partial charge on any atom is 0.316 e. The lowest BCUT2D eigenvalue weighted by Gasteiger charge is -2.07. The SMILES string of the molecule is CCCCCOc1nc(C)cc(CNCC)n1. The molecule has 96 valence electrons. The van der Waals surface area contributed by atoms with Gasteiger partial charge in [0.15, 0.2) is 0 Å². The molecule has 17 heavy (non-hydrogen) atoms. The van der Waals surface area contributed by atoms with E-state index in [0.717, 1.165) is 30.9 Å². The molecule has 1 aromatic heterocycles. The number of nitrogens with zero attached hydrogens (tertiary/aromatic N) is 2. The van der Waals surface area contributed by atoms with E-state index < -0.39 is 0 Å². The van der Waals surface area contributed by atoms with Gasteiger partial charge in [-0.25, -0.2) is 4.98 Å². The zero-order valence-electron chi connectivity index (χ0n) is 11.1. The molecule has 0 unspecified atom stereocenters. The molecule has 1 aromatic rings. The molecule has 0 fully saturated rings. The molecule has 0 aliphatic carbocycles. The molecular formula is C13H23N3O. The Morgan fingerprint density at radius 1 is 1.24 bits per heavy atom. The minimum Gasteiger partial charge on any atom is -0.463 e. The monoisotopic (exact) mass is 237 g/mol. The van der Waals surface area contributed by atoms with Crippen molar-refractivity contribution >= 4 is 0 Å². The number of nitrogens with one attached hydrogen (secondary N) is 1. The van der Waals surface area contributed by atoms with Crippen LogP contribution < -0.4 is 10.1 Å². The van der Waals surface area contributed by atoms with Crippen molar-refractivity contribution in [1.82, 2.24) is 15.3 Å². The highest BCUT2D eigenvalue weighted by Gasteiger charge is 2.02. The van der Waals surface area contributed by atoms with Crippen LogP contribution in [-0.2, 0) is 6.54 Å². The van der Waals surface area contributed by atoms with Gasteiger partial charge in [0.25, 0.3) is 0 Å². The van der Waals surface area contributed by atoms with Gasteiger partial charge in [0, 0.05) is 12.2 Å². The molecule has 0 radical (unpaired) electrons. The van der Waals surface area contributed by atoms with E-state index in [4.69, 9.17) is 4.74 Å². The third-order valence-electron chi connectivity index (χ3n) is 2.42. The topological polar surface area (TPSA) is 47.0 Å². The normalized spacial score (nSPS) is 10.5. The summed E-state index contributed by atoms with van der Waals surface area (Å²) in [7, 11) is 0. The highest BCUT2D eigenvalue weighted by molar-refractivity contribution is 5.12. The third kappa shape index (κ3) is 5.63. The molecule has 1 heterocycles. The van der Waals surface area contributed by atoms with Crippen molar-refractivity contribution in [1.29, 1.82) is 0 Å². The minimum absolute atomic E-state index is 0.508. The summed E-state index contributed by atoms with van der Waals surface area (Å²) in [6.45, 7) is 8.64. The summed E-state index contributed by atoms with van der Waals surface area (Å²) in [4.78, 5) is 8.65. The molecule has 4 nitrogen and oxygen atoms in total. The number of unbranched alkanes of at least 4 members (excludes halogenated alkanes) is 2. The zero-order valence-corrected chi connectivity index (χ0v) is 11.1. The van der Waals surface area contributed by atoms with Gasteiger partial charge in [0.05, 0.1) is 12.3 Å². The van der Waals surface area contributed by atoms with Crippen molar-refractivity contribution in [2.75, 3.05) is 13.2 Å². The van der Waals surface area contributed by atoms with Gasteiger partial charge >= 0.3 is 6.01 Å². The van der Waals surface area contributed by atoms with E-state index in [1.54, 1.807) is 0 Å². The van der Waals surface area contributed by atoms with Crippen LogP contribution in [0.3, 0.4) is 0 Å². The van der Waals surface area contributed by atoms with E-state index in [2.05, 4.69) is 29.1 Å². The zero-order chi connectivity index (χ0) is 12.5. The predicted octanol–water partition coefficient (Wildman–Crippen LogP) is 2.46. The van der Waals surface area contributed by atoms with Crippen molar-refractivity contribution in [3.8, 4) is 6.01 Å². The van der Waals surface area contributed by atoms with Crippen LogP contribution in [0.5, 0.6) is 6.01 Å². The Morgan fingerprint density at radius 2 is 2.06 bits per heavy atom. The van der Waals surface area contributed by atoms with Gasteiger partial charge in [-0.1, -0.05) is 26.7 Å². The van der Waals surface area contributed by atoms with Crippen LogP contribution in [-0.4, -0.2) is 23.1 Å². The van der Waals surface area contributed by atoms with Crippen LogP contribution in [0.15, 0.2) is 6.07 Å². The predicted molar refractivity (Wildman–Crippen MR) is 69.2 cm³/mol. The second-order valence-electron chi connectivity index (χ2n) is 4.12. The Hall–Kier alpha value is -1.16. The summed E-state index contributed by atoms with van der Waals surface area (Å²) in [6, 6.07) is 2.50. The molecule has 0 saturated carbocycles. The third-order valence-corrected chi connectivity index (χ3v) is 2.42. The molecule has 0 aliphatic rings. The lowest BCUT2D eigenvalue weighted by molar-refractivity contribution is 0.281. The van der Waals surface area contributed by atoms with E-state index >= 15 is 0 Å². The molecule has 0 amide bonds. The highest BCUT2D eigenvalue weighted by atomic mass is 16.5. The maximum atomic E-state index is 5.56. The smallest absolute Gasteiger partial charge is 0.316 e. The van der Waals surface area contributed by atoms with Crippen LogP contribution in [0.4, 0.5) is 0 Å². The Bertz CT molecular complexity index is 328. The largest absolute Gasteiger partial charge is 0.463 e. The molecule has 0 spiro atoms. The van der Waals surface area contributed by atoms with Gasteiger partial charge in [0.1, 0.15) is 0 Å². The van der Waals surface area contributed by atoms with Gasteiger partial charge < -0.3 is 10.1 Å².